The van der Waals surface area contributed by atoms with Gasteiger partial charge >= 0.3 is 0 Å². The molecule has 0 aromatic carbocycles. The molecule has 2 aromatic rings. The van der Waals surface area contributed by atoms with Crippen LogP contribution in [0.15, 0.2) is 24.7 Å². The number of nitrogens with zero attached hydrogens (tertiary/aromatic N) is 3. The van der Waals surface area contributed by atoms with Crippen molar-refractivity contribution in [2.24, 2.45) is 5.92 Å². The zero-order chi connectivity index (χ0) is 15.5. The van der Waals surface area contributed by atoms with Crippen LogP contribution in [-0.4, -0.2) is 27.7 Å². The average molecular weight is 321 g/mol. The highest BCUT2D eigenvalue weighted by Crippen LogP contribution is 2.34. The lowest BCUT2D eigenvalue weighted by atomic mass is 10.0. The molecule has 2 aromatic heterocycles. The summed E-state index contributed by atoms with van der Waals surface area (Å²) in [4.78, 5) is 8.67. The maximum Gasteiger partial charge on any atom is 0.138 e. The number of hydrogen-bond acceptors (Lipinski definition) is 4. The second-order valence-electron chi connectivity index (χ2n) is 5.55. The lowest BCUT2D eigenvalue weighted by Gasteiger charge is -2.20. The predicted octanol–water partition coefficient (Wildman–Crippen LogP) is 3.45. The number of aromatic nitrogens is 3. The standard InChI is InChI=1S/C16H21ClN4O/c1-3-21-8-7-19-16(21)15-12(5-9-22-15)10-20-13-4-6-18-11(2)14(13)17/h4,6-8,12,15H,3,5,9-10H2,1-2H3,(H,18,20)/t12-,15+/m0/s1. The van der Waals surface area contributed by atoms with Crippen LogP contribution in [-0.2, 0) is 11.3 Å². The first-order valence-corrected chi connectivity index (χ1v) is 8.06. The summed E-state index contributed by atoms with van der Waals surface area (Å²) in [6.45, 7) is 6.52. The number of hydrogen-bond donors (Lipinski definition) is 1. The summed E-state index contributed by atoms with van der Waals surface area (Å²) in [5, 5.41) is 4.12. The molecule has 3 rings (SSSR count). The van der Waals surface area contributed by atoms with Gasteiger partial charge in [-0.05, 0) is 26.3 Å². The quantitative estimate of drug-likeness (QED) is 0.916. The molecule has 0 unspecified atom stereocenters. The fourth-order valence-electron chi connectivity index (χ4n) is 2.90. The zero-order valence-corrected chi connectivity index (χ0v) is 13.7. The first-order valence-electron chi connectivity index (χ1n) is 7.68. The molecule has 0 spiro atoms. The van der Waals surface area contributed by atoms with Crippen molar-refractivity contribution < 1.29 is 4.74 Å². The smallest absolute Gasteiger partial charge is 0.138 e. The monoisotopic (exact) mass is 320 g/mol. The highest BCUT2D eigenvalue weighted by atomic mass is 35.5. The number of anilines is 1. The van der Waals surface area contributed by atoms with Gasteiger partial charge in [-0.3, -0.25) is 4.98 Å². The highest BCUT2D eigenvalue weighted by molar-refractivity contribution is 6.33. The van der Waals surface area contributed by atoms with Crippen molar-refractivity contribution in [2.45, 2.75) is 32.9 Å². The Morgan fingerprint density at radius 1 is 1.41 bits per heavy atom. The van der Waals surface area contributed by atoms with E-state index in [4.69, 9.17) is 16.3 Å². The Hall–Kier alpha value is -1.59. The second-order valence-corrected chi connectivity index (χ2v) is 5.93. The third kappa shape index (κ3) is 2.96. The van der Waals surface area contributed by atoms with Gasteiger partial charge in [0, 0.05) is 44.2 Å². The first kappa shape index (κ1) is 15.3. The normalized spacial score (nSPS) is 21.2. The lowest BCUT2D eigenvalue weighted by Crippen LogP contribution is -2.21. The summed E-state index contributed by atoms with van der Waals surface area (Å²) in [6, 6.07) is 1.91. The molecule has 1 fully saturated rings. The zero-order valence-electron chi connectivity index (χ0n) is 12.9. The van der Waals surface area contributed by atoms with Gasteiger partial charge in [0.2, 0.25) is 0 Å². The minimum Gasteiger partial charge on any atom is -0.383 e. The molecular formula is C16H21ClN4O. The molecule has 1 aliphatic rings. The van der Waals surface area contributed by atoms with Crippen molar-refractivity contribution in [1.82, 2.24) is 14.5 Å². The van der Waals surface area contributed by atoms with E-state index >= 15 is 0 Å². The summed E-state index contributed by atoms with van der Waals surface area (Å²) in [5.41, 5.74) is 1.77. The Bertz CT molecular complexity index is 643. The molecule has 0 bridgehead atoms. The summed E-state index contributed by atoms with van der Waals surface area (Å²) >= 11 is 6.29. The molecule has 6 heteroatoms. The molecule has 2 atom stereocenters. The molecular weight excluding hydrogens is 300 g/mol. The van der Waals surface area contributed by atoms with Gasteiger partial charge in [0.1, 0.15) is 11.9 Å². The summed E-state index contributed by atoms with van der Waals surface area (Å²) in [6.07, 6.45) is 6.69. The molecule has 3 heterocycles. The topological polar surface area (TPSA) is 52.0 Å². The van der Waals surface area contributed by atoms with Crippen molar-refractivity contribution in [3.63, 3.8) is 0 Å². The van der Waals surface area contributed by atoms with Crippen LogP contribution in [0.4, 0.5) is 5.69 Å². The Kier molecular flexibility index (Phi) is 4.64. The van der Waals surface area contributed by atoms with Gasteiger partial charge in [-0.2, -0.15) is 0 Å². The molecule has 1 saturated heterocycles. The van der Waals surface area contributed by atoms with E-state index in [1.807, 2.05) is 25.4 Å². The van der Waals surface area contributed by atoms with Crippen molar-refractivity contribution in [2.75, 3.05) is 18.5 Å². The summed E-state index contributed by atoms with van der Waals surface area (Å²) < 4.78 is 8.07. The van der Waals surface area contributed by atoms with Crippen LogP contribution in [0, 0.1) is 12.8 Å². The Morgan fingerprint density at radius 3 is 3.09 bits per heavy atom. The van der Waals surface area contributed by atoms with Crippen molar-refractivity contribution >= 4 is 17.3 Å². The number of halogens is 1. The van der Waals surface area contributed by atoms with Gasteiger partial charge in [0.05, 0.1) is 16.4 Å². The molecule has 0 radical (unpaired) electrons. The van der Waals surface area contributed by atoms with Crippen LogP contribution in [0.2, 0.25) is 5.02 Å². The fraction of sp³-hybridized carbons (Fsp3) is 0.500. The van der Waals surface area contributed by atoms with Crippen molar-refractivity contribution in [3.05, 3.63) is 41.2 Å². The van der Waals surface area contributed by atoms with E-state index in [0.29, 0.717) is 10.9 Å². The predicted molar refractivity (Wildman–Crippen MR) is 87.2 cm³/mol. The Morgan fingerprint density at radius 2 is 2.27 bits per heavy atom. The second kappa shape index (κ2) is 6.67. The van der Waals surface area contributed by atoms with Crippen LogP contribution in [0.1, 0.15) is 31.0 Å². The molecule has 1 N–H and O–H groups in total. The van der Waals surface area contributed by atoms with E-state index in [9.17, 15) is 0 Å². The Balaban J connectivity index is 1.70. The number of pyridine rings is 1. The maximum absolute atomic E-state index is 6.29. The number of aryl methyl sites for hydroxylation is 2. The molecule has 0 saturated carbocycles. The molecule has 0 amide bonds. The maximum atomic E-state index is 6.29. The molecule has 1 aliphatic heterocycles. The Labute approximate surface area is 135 Å². The highest BCUT2D eigenvalue weighted by Gasteiger charge is 2.32. The van der Waals surface area contributed by atoms with Gasteiger partial charge in [0.15, 0.2) is 0 Å². The molecule has 22 heavy (non-hydrogen) atoms. The largest absolute Gasteiger partial charge is 0.383 e. The number of ether oxygens (including phenoxy) is 1. The van der Waals surface area contributed by atoms with E-state index in [-0.39, 0.29) is 6.10 Å². The van der Waals surface area contributed by atoms with Gasteiger partial charge in [-0.1, -0.05) is 11.6 Å². The van der Waals surface area contributed by atoms with Gasteiger partial charge in [0.25, 0.3) is 0 Å². The average Bonchev–Trinajstić information content (AvgIpc) is 3.16. The van der Waals surface area contributed by atoms with Gasteiger partial charge < -0.3 is 14.6 Å². The van der Waals surface area contributed by atoms with Crippen molar-refractivity contribution in [3.8, 4) is 0 Å². The van der Waals surface area contributed by atoms with Crippen molar-refractivity contribution in [1.29, 1.82) is 0 Å². The van der Waals surface area contributed by atoms with Crippen LogP contribution < -0.4 is 5.32 Å². The minimum atomic E-state index is 0.0455. The molecule has 118 valence electrons. The fourth-order valence-corrected chi connectivity index (χ4v) is 3.08. The number of imidazole rings is 1. The van der Waals surface area contributed by atoms with E-state index in [1.165, 1.54) is 0 Å². The first-order chi connectivity index (χ1) is 10.7. The summed E-state index contributed by atoms with van der Waals surface area (Å²) in [5.74, 6) is 1.40. The third-order valence-corrected chi connectivity index (χ3v) is 4.65. The minimum absolute atomic E-state index is 0.0455. The van der Waals surface area contributed by atoms with E-state index in [0.717, 1.165) is 43.3 Å². The van der Waals surface area contributed by atoms with Crippen LogP contribution in [0.5, 0.6) is 0 Å². The van der Waals surface area contributed by atoms with Gasteiger partial charge in [-0.15, -0.1) is 0 Å². The molecule has 0 aliphatic carbocycles. The van der Waals surface area contributed by atoms with Crippen LogP contribution in [0.25, 0.3) is 0 Å². The van der Waals surface area contributed by atoms with E-state index in [2.05, 4.69) is 26.8 Å². The van der Waals surface area contributed by atoms with Gasteiger partial charge in [-0.25, -0.2) is 4.98 Å². The SMILES string of the molecule is CCn1ccnc1[C@@H]1OCC[C@H]1CNc1ccnc(C)c1Cl. The van der Waals surface area contributed by atoms with E-state index in [1.54, 1.807) is 6.20 Å². The third-order valence-electron chi connectivity index (χ3n) is 4.18. The lowest BCUT2D eigenvalue weighted by molar-refractivity contribution is 0.0832. The van der Waals surface area contributed by atoms with E-state index < -0.39 is 0 Å². The number of nitrogens with one attached hydrogen (secondary N) is 1. The van der Waals surface area contributed by atoms with Crippen LogP contribution in [0.3, 0.4) is 0 Å². The number of rotatable bonds is 5. The van der Waals surface area contributed by atoms with Crippen LogP contribution >= 0.6 is 11.6 Å². The summed E-state index contributed by atoms with van der Waals surface area (Å²) in [7, 11) is 0. The molecule has 5 nitrogen and oxygen atoms in total.